The van der Waals surface area contributed by atoms with Crippen molar-refractivity contribution in [2.75, 3.05) is 14.1 Å². The lowest BCUT2D eigenvalue weighted by Crippen LogP contribution is -1.89. The fourth-order valence-electron chi connectivity index (χ4n) is 0. The van der Waals surface area contributed by atoms with E-state index in [2.05, 4.69) is 5.32 Å². The molecule has 0 saturated heterocycles. The summed E-state index contributed by atoms with van der Waals surface area (Å²) in [5.41, 5.74) is 0. The highest BCUT2D eigenvalue weighted by atomic mass is 32.1. The molecule has 0 aliphatic rings. The van der Waals surface area contributed by atoms with E-state index in [0.717, 1.165) is 0 Å². The van der Waals surface area contributed by atoms with Crippen molar-refractivity contribution in [3.8, 4) is 0 Å². The van der Waals surface area contributed by atoms with Crippen LogP contribution in [0.4, 0.5) is 0 Å². The number of rotatable bonds is 0. The predicted molar refractivity (Wildman–Crippen MR) is 25.1 cm³/mol. The average Bonchev–Trinajstić information content (AvgIpc) is 1.39. The second-order valence-corrected chi connectivity index (χ2v) is 0.724. The highest BCUT2D eigenvalue weighted by Crippen LogP contribution is 0.981. The van der Waals surface area contributed by atoms with Crippen LogP contribution >= 0.6 is 0 Å². The summed E-state index contributed by atoms with van der Waals surface area (Å²) >= 11 is -1.08. The van der Waals surface area contributed by atoms with Crippen LogP contribution in [0.1, 0.15) is 0 Å². The monoisotopic (exact) mass is 110 g/mol. The second kappa shape index (κ2) is 20.6. The predicted octanol–water partition coefficient (Wildman–Crippen LogP) is -0.672. The van der Waals surface area contributed by atoms with Crippen molar-refractivity contribution in [2.24, 2.45) is 0 Å². The van der Waals surface area contributed by atoms with Gasteiger partial charge in [-0.3, -0.25) is 0 Å². The highest BCUT2D eigenvalue weighted by Gasteiger charge is 1.25. The van der Waals surface area contributed by atoms with Gasteiger partial charge >= 0.3 is 0 Å². The first-order valence-corrected chi connectivity index (χ1v) is 2.10. The third-order valence-corrected chi connectivity index (χ3v) is 0. The van der Waals surface area contributed by atoms with Crippen LogP contribution in [0, 0.1) is 0 Å². The van der Waals surface area contributed by atoms with Crippen molar-refractivity contribution in [3.63, 3.8) is 0 Å². The van der Waals surface area contributed by atoms with Crippen molar-refractivity contribution < 1.29 is 8.42 Å². The molecule has 0 aromatic carbocycles. The standard InChI is InChI=1S/C2H7N.HO2S/c2*1-3-2/h3H,1-2H3;3H/q;-1. The molecule has 0 heterocycles. The van der Waals surface area contributed by atoms with E-state index in [9.17, 15) is 0 Å². The first-order chi connectivity index (χ1) is 2.83. The van der Waals surface area contributed by atoms with Gasteiger partial charge in [-0.05, 0) is 14.1 Å². The number of hydrogen-bond acceptors (Lipinski definition) is 4. The van der Waals surface area contributed by atoms with Crippen molar-refractivity contribution in [2.45, 2.75) is 0 Å². The SMILES string of the molecule is CNC.O=[SH-]=O. The molecule has 0 aliphatic heterocycles. The Kier molecular flexibility index (Phi) is 32.0. The fourth-order valence-corrected chi connectivity index (χ4v) is 0. The summed E-state index contributed by atoms with van der Waals surface area (Å²) in [7, 11) is 3.75. The van der Waals surface area contributed by atoms with Crippen LogP contribution in [0.25, 0.3) is 0 Å². The summed E-state index contributed by atoms with van der Waals surface area (Å²) in [4.78, 5) is 0. The lowest BCUT2D eigenvalue weighted by molar-refractivity contribution is 0.541. The van der Waals surface area contributed by atoms with Crippen molar-refractivity contribution in [1.29, 1.82) is 0 Å². The van der Waals surface area contributed by atoms with Crippen molar-refractivity contribution >= 4 is 11.6 Å². The molecule has 0 aromatic rings. The van der Waals surface area contributed by atoms with Crippen LogP contribution in [0.3, 0.4) is 0 Å². The minimum atomic E-state index is -1.08. The fraction of sp³-hybridized carbons (Fsp3) is 1.00. The van der Waals surface area contributed by atoms with Gasteiger partial charge in [0, 0.05) is 0 Å². The molecule has 0 spiro atoms. The van der Waals surface area contributed by atoms with Crippen LogP contribution in [0.15, 0.2) is 0 Å². The van der Waals surface area contributed by atoms with Gasteiger partial charge in [-0.1, -0.05) is 11.6 Å². The van der Waals surface area contributed by atoms with Crippen LogP contribution in [-0.2, 0) is 20.0 Å². The molecular formula is C2H8NO2S-. The lowest BCUT2D eigenvalue weighted by Gasteiger charge is -1.59. The summed E-state index contributed by atoms with van der Waals surface area (Å²) < 4.78 is 16.7. The maximum absolute atomic E-state index is 8.35. The van der Waals surface area contributed by atoms with Gasteiger partial charge < -0.3 is 13.7 Å². The Morgan fingerprint density at radius 3 is 1.33 bits per heavy atom. The van der Waals surface area contributed by atoms with E-state index in [-0.39, 0.29) is 0 Å². The summed E-state index contributed by atoms with van der Waals surface area (Å²) in [5.74, 6) is 0. The Bertz CT molecular complexity index is 40.8. The maximum atomic E-state index is 8.35. The van der Waals surface area contributed by atoms with Crippen LogP contribution in [0.5, 0.6) is 0 Å². The summed E-state index contributed by atoms with van der Waals surface area (Å²) in [6, 6.07) is 0. The summed E-state index contributed by atoms with van der Waals surface area (Å²) in [6.45, 7) is 0. The van der Waals surface area contributed by atoms with Gasteiger partial charge in [0.25, 0.3) is 0 Å². The van der Waals surface area contributed by atoms with E-state index >= 15 is 0 Å². The second-order valence-electron chi connectivity index (χ2n) is 0.575. The zero-order valence-corrected chi connectivity index (χ0v) is 4.66. The highest BCUT2D eigenvalue weighted by molar-refractivity contribution is 7.51. The van der Waals surface area contributed by atoms with Gasteiger partial charge in [0.15, 0.2) is 0 Å². The molecule has 6 heavy (non-hydrogen) atoms. The van der Waals surface area contributed by atoms with Crippen LogP contribution in [0.2, 0.25) is 0 Å². The molecule has 0 radical (unpaired) electrons. The van der Waals surface area contributed by atoms with Gasteiger partial charge in [0.05, 0.1) is 0 Å². The molecule has 0 aromatic heterocycles. The molecule has 40 valence electrons. The Balaban J connectivity index is 0. The molecule has 0 aliphatic carbocycles. The first kappa shape index (κ1) is 9.32. The summed E-state index contributed by atoms with van der Waals surface area (Å²) in [5, 5.41) is 2.75. The van der Waals surface area contributed by atoms with Gasteiger partial charge in [-0.2, -0.15) is 0 Å². The van der Waals surface area contributed by atoms with E-state index in [4.69, 9.17) is 8.42 Å². The van der Waals surface area contributed by atoms with Crippen molar-refractivity contribution in [1.82, 2.24) is 5.32 Å². The maximum Gasteiger partial charge on any atom is -0.0167 e. The number of thiol groups is 1. The molecule has 0 unspecified atom stereocenters. The molecule has 0 amide bonds. The lowest BCUT2D eigenvalue weighted by atomic mass is 11.3. The van der Waals surface area contributed by atoms with Crippen LogP contribution in [-0.4, -0.2) is 14.1 Å². The largest absolute Gasteiger partial charge is 0.427 e. The molecule has 0 saturated carbocycles. The van der Waals surface area contributed by atoms with Gasteiger partial charge in [0.2, 0.25) is 0 Å². The Morgan fingerprint density at radius 1 is 1.33 bits per heavy atom. The van der Waals surface area contributed by atoms with Gasteiger partial charge in [0.1, 0.15) is 0 Å². The quantitative estimate of drug-likeness (QED) is 0.332. The Morgan fingerprint density at radius 2 is 1.33 bits per heavy atom. The van der Waals surface area contributed by atoms with Gasteiger partial charge in [-0.25, -0.2) is 0 Å². The molecule has 4 heteroatoms. The normalized spacial score (nSPS) is 5.67. The minimum absolute atomic E-state index is 1.08. The van der Waals surface area contributed by atoms with Gasteiger partial charge in [-0.15, -0.1) is 0 Å². The number of nitrogens with one attached hydrogen (secondary N) is 1. The molecule has 0 atom stereocenters. The van der Waals surface area contributed by atoms with Crippen LogP contribution < -0.4 is 5.32 Å². The molecule has 0 bridgehead atoms. The van der Waals surface area contributed by atoms with E-state index in [1.807, 2.05) is 14.1 Å². The average molecular weight is 110 g/mol. The Labute approximate surface area is 40.3 Å². The van der Waals surface area contributed by atoms with E-state index < -0.39 is 11.6 Å². The molecule has 3 nitrogen and oxygen atoms in total. The van der Waals surface area contributed by atoms with E-state index in [1.165, 1.54) is 0 Å². The molecular weight excluding hydrogens is 102 g/mol. The minimum Gasteiger partial charge on any atom is -0.427 e. The number of hydrogen-bond donors (Lipinski definition) is 1. The third-order valence-electron chi connectivity index (χ3n) is 0. The smallest absolute Gasteiger partial charge is 0.0167 e. The Hall–Kier alpha value is -0.0900. The molecule has 0 rings (SSSR count). The zero-order chi connectivity index (χ0) is 5.41. The van der Waals surface area contributed by atoms with E-state index in [0.29, 0.717) is 0 Å². The molecule has 1 N–H and O–H groups in total. The zero-order valence-electron chi connectivity index (χ0n) is 3.76. The first-order valence-electron chi connectivity index (χ1n) is 1.37. The van der Waals surface area contributed by atoms with Crippen molar-refractivity contribution in [3.05, 3.63) is 0 Å². The molecule has 0 fully saturated rings. The van der Waals surface area contributed by atoms with E-state index in [1.54, 1.807) is 0 Å². The third kappa shape index (κ3) is 4090. The summed E-state index contributed by atoms with van der Waals surface area (Å²) in [6.07, 6.45) is 0. The topological polar surface area (TPSA) is 46.2 Å².